The topological polar surface area (TPSA) is 96.3 Å². The maximum absolute atomic E-state index is 13.0. The Bertz CT molecular complexity index is 835. The monoisotopic (exact) mass is 463 g/mol. The molecule has 2 rings (SSSR count). The van der Waals surface area contributed by atoms with E-state index in [4.69, 9.17) is 4.74 Å². The van der Waals surface area contributed by atoms with Gasteiger partial charge >= 0.3 is 12.0 Å². The SMILES string of the molecule is CCCCCCCCN1C(=O)C(C=Nc2sccc2C(=O)OC)C(=O)N(CCCC)C1=O. The van der Waals surface area contributed by atoms with Crippen molar-refractivity contribution < 1.29 is 23.9 Å². The van der Waals surface area contributed by atoms with E-state index in [0.29, 0.717) is 17.8 Å². The van der Waals surface area contributed by atoms with Crippen molar-refractivity contribution in [2.45, 2.75) is 65.2 Å². The van der Waals surface area contributed by atoms with Gasteiger partial charge in [-0.1, -0.05) is 52.4 Å². The highest BCUT2D eigenvalue weighted by atomic mass is 32.1. The molecule has 1 atom stereocenters. The number of methoxy groups -OCH3 is 1. The van der Waals surface area contributed by atoms with Crippen molar-refractivity contribution in [1.82, 2.24) is 9.80 Å². The van der Waals surface area contributed by atoms with E-state index in [1.54, 1.807) is 11.4 Å². The van der Waals surface area contributed by atoms with E-state index in [-0.39, 0.29) is 18.7 Å². The van der Waals surface area contributed by atoms with Gasteiger partial charge < -0.3 is 4.74 Å². The molecule has 0 spiro atoms. The Hall–Kier alpha value is -2.55. The fraction of sp³-hybridized carbons (Fsp3) is 0.609. The van der Waals surface area contributed by atoms with Crippen LogP contribution in [0.1, 0.15) is 75.6 Å². The maximum Gasteiger partial charge on any atom is 0.340 e. The molecule has 8 nitrogen and oxygen atoms in total. The van der Waals surface area contributed by atoms with Crippen LogP contribution in [0.2, 0.25) is 0 Å². The van der Waals surface area contributed by atoms with E-state index in [0.717, 1.165) is 37.0 Å². The summed E-state index contributed by atoms with van der Waals surface area (Å²) < 4.78 is 4.74. The van der Waals surface area contributed by atoms with Crippen LogP contribution in [0, 0.1) is 5.92 Å². The summed E-state index contributed by atoms with van der Waals surface area (Å²) in [5.74, 6) is -2.84. The number of thiophene rings is 1. The van der Waals surface area contributed by atoms with Crippen LogP contribution in [0.3, 0.4) is 0 Å². The predicted molar refractivity (Wildman–Crippen MR) is 124 cm³/mol. The van der Waals surface area contributed by atoms with Gasteiger partial charge in [0.2, 0.25) is 11.8 Å². The molecule has 0 bridgehead atoms. The first-order valence-electron chi connectivity index (χ1n) is 11.3. The van der Waals surface area contributed by atoms with E-state index in [1.165, 1.54) is 36.0 Å². The Morgan fingerprint density at radius 1 is 1.00 bits per heavy atom. The lowest BCUT2D eigenvalue weighted by atomic mass is 10.0. The number of nitrogens with zero attached hydrogens (tertiary/aromatic N) is 3. The molecule has 176 valence electrons. The number of hydrogen-bond donors (Lipinski definition) is 0. The number of urea groups is 1. The lowest BCUT2D eigenvalue weighted by molar-refractivity contribution is -0.145. The van der Waals surface area contributed by atoms with Crippen LogP contribution in [-0.2, 0) is 14.3 Å². The molecule has 0 aliphatic carbocycles. The summed E-state index contributed by atoms with van der Waals surface area (Å²) in [5, 5.41) is 2.04. The summed E-state index contributed by atoms with van der Waals surface area (Å²) in [6, 6.07) is 1.04. The van der Waals surface area contributed by atoms with Crippen molar-refractivity contribution in [1.29, 1.82) is 0 Å². The third kappa shape index (κ3) is 6.48. The molecule has 2 heterocycles. The van der Waals surface area contributed by atoms with Crippen LogP contribution in [0.4, 0.5) is 9.80 Å². The van der Waals surface area contributed by atoms with Gasteiger partial charge in [-0.3, -0.25) is 19.4 Å². The third-order valence-electron chi connectivity index (χ3n) is 5.39. The second kappa shape index (κ2) is 13.1. The van der Waals surface area contributed by atoms with E-state index in [2.05, 4.69) is 11.9 Å². The second-order valence-corrected chi connectivity index (χ2v) is 8.67. The summed E-state index contributed by atoms with van der Waals surface area (Å²) in [6.45, 7) is 4.68. The minimum absolute atomic E-state index is 0.269. The summed E-state index contributed by atoms with van der Waals surface area (Å²) in [7, 11) is 1.28. The molecular weight excluding hydrogens is 430 g/mol. The Morgan fingerprint density at radius 2 is 1.59 bits per heavy atom. The highest BCUT2D eigenvalue weighted by Crippen LogP contribution is 2.28. The smallest absolute Gasteiger partial charge is 0.340 e. The summed E-state index contributed by atoms with van der Waals surface area (Å²) >= 11 is 1.21. The van der Waals surface area contributed by atoms with Crippen LogP contribution in [0.15, 0.2) is 16.4 Å². The number of ether oxygens (including phenoxy) is 1. The van der Waals surface area contributed by atoms with Crippen molar-refractivity contribution in [3.63, 3.8) is 0 Å². The van der Waals surface area contributed by atoms with E-state index >= 15 is 0 Å². The molecule has 0 N–H and O–H groups in total. The summed E-state index contributed by atoms with van der Waals surface area (Å²) in [4.78, 5) is 57.4. The Morgan fingerprint density at radius 3 is 2.22 bits per heavy atom. The zero-order valence-corrected chi connectivity index (χ0v) is 20.0. The number of carbonyl (C=O) groups excluding carboxylic acids is 4. The van der Waals surface area contributed by atoms with E-state index in [1.807, 2.05) is 6.92 Å². The molecule has 9 heteroatoms. The third-order valence-corrected chi connectivity index (χ3v) is 6.21. The molecule has 0 saturated carbocycles. The number of carbonyl (C=O) groups is 4. The van der Waals surface area contributed by atoms with Crippen molar-refractivity contribution in [3.05, 3.63) is 17.0 Å². The highest BCUT2D eigenvalue weighted by molar-refractivity contribution is 7.14. The predicted octanol–water partition coefficient (Wildman–Crippen LogP) is 4.80. The number of aliphatic imine (C=N–C) groups is 1. The van der Waals surface area contributed by atoms with Gasteiger partial charge in [0.25, 0.3) is 0 Å². The van der Waals surface area contributed by atoms with Gasteiger partial charge in [0.05, 0.1) is 12.7 Å². The first-order chi connectivity index (χ1) is 15.5. The normalized spacial score (nSPS) is 17.0. The number of amides is 4. The summed E-state index contributed by atoms with van der Waals surface area (Å²) in [6.07, 6.45) is 8.89. The largest absolute Gasteiger partial charge is 0.465 e. The van der Waals surface area contributed by atoms with Gasteiger partial charge in [0.15, 0.2) is 5.92 Å². The molecule has 0 aromatic carbocycles. The van der Waals surface area contributed by atoms with Crippen molar-refractivity contribution in [2.24, 2.45) is 10.9 Å². The average Bonchev–Trinajstić information content (AvgIpc) is 3.26. The molecule has 32 heavy (non-hydrogen) atoms. The number of imide groups is 2. The lowest BCUT2D eigenvalue weighted by Gasteiger charge is -2.35. The fourth-order valence-electron chi connectivity index (χ4n) is 3.49. The van der Waals surface area contributed by atoms with Crippen molar-refractivity contribution in [2.75, 3.05) is 20.2 Å². The molecule has 1 fully saturated rings. The zero-order valence-electron chi connectivity index (χ0n) is 19.2. The van der Waals surface area contributed by atoms with Gasteiger partial charge in [0.1, 0.15) is 5.00 Å². The first-order valence-corrected chi connectivity index (χ1v) is 12.2. The van der Waals surface area contributed by atoms with Gasteiger partial charge in [-0.2, -0.15) is 0 Å². The Labute approximate surface area is 193 Å². The summed E-state index contributed by atoms with van der Waals surface area (Å²) in [5.41, 5.74) is 0.271. The molecule has 0 radical (unpaired) electrons. The molecule has 1 unspecified atom stereocenters. The van der Waals surface area contributed by atoms with Gasteiger partial charge in [0, 0.05) is 19.3 Å². The van der Waals surface area contributed by atoms with Crippen LogP contribution in [-0.4, -0.2) is 60.0 Å². The second-order valence-electron chi connectivity index (χ2n) is 7.77. The van der Waals surface area contributed by atoms with Gasteiger partial charge in [-0.05, 0) is 24.3 Å². The van der Waals surface area contributed by atoms with Crippen LogP contribution in [0.25, 0.3) is 0 Å². The molecule has 1 aliphatic rings. The minimum Gasteiger partial charge on any atom is -0.465 e. The number of barbiturate groups is 1. The van der Waals surface area contributed by atoms with Crippen LogP contribution in [0.5, 0.6) is 0 Å². The fourth-order valence-corrected chi connectivity index (χ4v) is 4.22. The van der Waals surface area contributed by atoms with E-state index < -0.39 is 29.7 Å². The average molecular weight is 464 g/mol. The molecule has 1 aromatic rings. The number of unbranched alkanes of at least 4 members (excludes halogenated alkanes) is 6. The van der Waals surface area contributed by atoms with Gasteiger partial charge in [-0.25, -0.2) is 14.6 Å². The zero-order chi connectivity index (χ0) is 23.5. The highest BCUT2D eigenvalue weighted by Gasteiger charge is 2.44. The maximum atomic E-state index is 13.0. The minimum atomic E-state index is -1.18. The first kappa shape index (κ1) is 25.7. The number of esters is 1. The van der Waals surface area contributed by atoms with Crippen molar-refractivity contribution >= 4 is 46.4 Å². The standard InChI is InChI=1S/C23H33N3O5S/c1-4-6-8-9-10-11-14-26-21(28)18(20(27)25(23(26)30)13-7-5-2)16-24-19-17(12-15-32-19)22(29)31-3/h12,15-16,18H,4-11,13-14H2,1-3H3. The Kier molecular flexibility index (Phi) is 10.5. The Balaban J connectivity index is 2.17. The quantitative estimate of drug-likeness (QED) is 0.181. The molecule has 1 aliphatic heterocycles. The number of hydrogen-bond acceptors (Lipinski definition) is 7. The lowest BCUT2D eigenvalue weighted by Crippen LogP contribution is -2.60. The molecular formula is C23H33N3O5S. The van der Waals surface area contributed by atoms with E-state index in [9.17, 15) is 19.2 Å². The van der Waals surface area contributed by atoms with Gasteiger partial charge in [-0.15, -0.1) is 11.3 Å². The van der Waals surface area contributed by atoms with Crippen LogP contribution >= 0.6 is 11.3 Å². The van der Waals surface area contributed by atoms with Crippen molar-refractivity contribution in [3.8, 4) is 0 Å². The number of rotatable bonds is 13. The molecule has 4 amide bonds. The molecule has 1 saturated heterocycles. The molecule has 1 aromatic heterocycles. The van der Waals surface area contributed by atoms with Crippen LogP contribution < -0.4 is 0 Å².